The van der Waals surface area contributed by atoms with E-state index in [-0.39, 0.29) is 0 Å². The number of anilines is 1. The highest BCUT2D eigenvalue weighted by atomic mass is 16.4. The van der Waals surface area contributed by atoms with Gasteiger partial charge in [-0.25, -0.2) is 9.59 Å². The van der Waals surface area contributed by atoms with Crippen LogP contribution in [0.5, 0.6) is 0 Å². The van der Waals surface area contributed by atoms with Crippen LogP contribution in [0.15, 0.2) is 18.2 Å². The molecule has 0 saturated heterocycles. The highest BCUT2D eigenvalue weighted by molar-refractivity contribution is 5.94. The molecule has 5 heteroatoms. The van der Waals surface area contributed by atoms with Crippen LogP contribution in [0.4, 0.5) is 10.5 Å². The molecule has 2 N–H and O–H groups in total. The van der Waals surface area contributed by atoms with Crippen molar-refractivity contribution in [1.29, 1.82) is 0 Å². The standard InChI is InChI=1S/C15H22N2O3/c1-5-6-13(14(18)19)16-15(20)17(4)12-8-10(2)7-11(3)9-12/h7-9,13H,5-6H2,1-4H3,(H,16,20)(H,18,19). The Hall–Kier alpha value is -2.04. The minimum Gasteiger partial charge on any atom is -0.480 e. The van der Waals surface area contributed by atoms with E-state index in [0.29, 0.717) is 12.8 Å². The molecular formula is C15H22N2O3. The van der Waals surface area contributed by atoms with Crippen LogP contribution in [-0.4, -0.2) is 30.2 Å². The van der Waals surface area contributed by atoms with Gasteiger partial charge in [-0.2, -0.15) is 0 Å². The van der Waals surface area contributed by atoms with Crippen LogP contribution >= 0.6 is 0 Å². The fourth-order valence-corrected chi connectivity index (χ4v) is 2.05. The van der Waals surface area contributed by atoms with Crippen molar-refractivity contribution in [2.75, 3.05) is 11.9 Å². The summed E-state index contributed by atoms with van der Waals surface area (Å²) in [5.74, 6) is -1.01. The summed E-state index contributed by atoms with van der Waals surface area (Å²) in [6.45, 7) is 5.80. The zero-order valence-electron chi connectivity index (χ0n) is 12.4. The SMILES string of the molecule is CCCC(NC(=O)N(C)c1cc(C)cc(C)c1)C(=O)O. The van der Waals surface area contributed by atoms with Gasteiger partial charge in [0.25, 0.3) is 0 Å². The van der Waals surface area contributed by atoms with Gasteiger partial charge in [-0.05, 0) is 43.5 Å². The molecule has 2 amide bonds. The number of carbonyl (C=O) groups excluding carboxylic acids is 1. The Morgan fingerprint density at radius 3 is 2.25 bits per heavy atom. The van der Waals surface area contributed by atoms with Crippen molar-refractivity contribution in [3.63, 3.8) is 0 Å². The number of carbonyl (C=O) groups is 2. The minimum absolute atomic E-state index is 0.407. The van der Waals surface area contributed by atoms with Gasteiger partial charge in [0.15, 0.2) is 0 Å². The molecule has 1 aromatic carbocycles. The number of benzene rings is 1. The molecule has 0 fully saturated rings. The maximum atomic E-state index is 12.1. The molecule has 20 heavy (non-hydrogen) atoms. The Balaban J connectivity index is 2.82. The molecule has 0 aromatic heterocycles. The lowest BCUT2D eigenvalue weighted by atomic mass is 10.1. The molecule has 1 atom stereocenters. The average Bonchev–Trinajstić information content (AvgIpc) is 2.35. The topological polar surface area (TPSA) is 69.6 Å². The average molecular weight is 278 g/mol. The molecule has 1 aromatic rings. The summed E-state index contributed by atoms with van der Waals surface area (Å²) >= 11 is 0. The van der Waals surface area contributed by atoms with Crippen LogP contribution in [0, 0.1) is 13.8 Å². The van der Waals surface area contributed by atoms with E-state index in [9.17, 15) is 9.59 Å². The second kappa shape index (κ2) is 6.93. The molecule has 0 aliphatic rings. The molecule has 0 radical (unpaired) electrons. The first-order valence-electron chi connectivity index (χ1n) is 6.70. The molecular weight excluding hydrogens is 256 g/mol. The Bertz CT molecular complexity index is 480. The van der Waals surface area contributed by atoms with Crippen molar-refractivity contribution in [3.05, 3.63) is 29.3 Å². The number of urea groups is 1. The second-order valence-electron chi connectivity index (χ2n) is 5.03. The third kappa shape index (κ3) is 4.26. The quantitative estimate of drug-likeness (QED) is 0.870. The van der Waals surface area contributed by atoms with E-state index < -0.39 is 18.0 Å². The summed E-state index contributed by atoms with van der Waals surface area (Å²) in [5, 5.41) is 11.6. The number of carboxylic acid groups (broad SMARTS) is 1. The normalized spacial score (nSPS) is 11.8. The number of rotatable bonds is 5. The van der Waals surface area contributed by atoms with Gasteiger partial charge in [-0.15, -0.1) is 0 Å². The van der Waals surface area contributed by atoms with E-state index in [4.69, 9.17) is 5.11 Å². The summed E-state index contributed by atoms with van der Waals surface area (Å²) in [6, 6.07) is 4.55. The first-order chi connectivity index (χ1) is 9.35. The van der Waals surface area contributed by atoms with Crippen molar-refractivity contribution in [2.24, 2.45) is 0 Å². The van der Waals surface area contributed by atoms with E-state index in [0.717, 1.165) is 16.8 Å². The molecule has 0 aliphatic carbocycles. The zero-order valence-corrected chi connectivity index (χ0v) is 12.4. The lowest BCUT2D eigenvalue weighted by Gasteiger charge is -2.22. The van der Waals surface area contributed by atoms with Gasteiger partial charge < -0.3 is 10.4 Å². The predicted octanol–water partition coefficient (Wildman–Crippen LogP) is 2.70. The molecule has 1 unspecified atom stereocenters. The number of aryl methyl sites for hydroxylation is 2. The number of nitrogens with one attached hydrogen (secondary N) is 1. The van der Waals surface area contributed by atoms with Crippen LogP contribution in [0.3, 0.4) is 0 Å². The summed E-state index contributed by atoms with van der Waals surface area (Å²) in [5.41, 5.74) is 2.87. The maximum absolute atomic E-state index is 12.1. The van der Waals surface area contributed by atoms with Crippen LogP contribution in [0.25, 0.3) is 0 Å². The van der Waals surface area contributed by atoms with Crippen LogP contribution in [0.1, 0.15) is 30.9 Å². The number of hydrogen-bond acceptors (Lipinski definition) is 2. The van der Waals surface area contributed by atoms with E-state index >= 15 is 0 Å². The van der Waals surface area contributed by atoms with Gasteiger partial charge in [0.05, 0.1) is 0 Å². The number of carboxylic acids is 1. The van der Waals surface area contributed by atoms with E-state index in [2.05, 4.69) is 5.32 Å². The molecule has 110 valence electrons. The summed E-state index contributed by atoms with van der Waals surface area (Å²) in [7, 11) is 1.63. The van der Waals surface area contributed by atoms with Gasteiger partial charge in [-0.3, -0.25) is 4.90 Å². The first-order valence-corrected chi connectivity index (χ1v) is 6.70. The van der Waals surface area contributed by atoms with E-state index in [1.807, 2.05) is 39.0 Å². The summed E-state index contributed by atoms with van der Waals surface area (Å²) in [4.78, 5) is 24.6. The van der Waals surface area contributed by atoms with Crippen LogP contribution < -0.4 is 10.2 Å². The summed E-state index contributed by atoms with van der Waals surface area (Å²) in [6.07, 6.45) is 1.12. The molecule has 0 bridgehead atoms. The van der Waals surface area contributed by atoms with Crippen molar-refractivity contribution in [2.45, 2.75) is 39.7 Å². The van der Waals surface area contributed by atoms with Gasteiger partial charge >= 0.3 is 12.0 Å². The van der Waals surface area contributed by atoms with Gasteiger partial charge in [0, 0.05) is 12.7 Å². The Morgan fingerprint density at radius 2 is 1.80 bits per heavy atom. The zero-order chi connectivity index (χ0) is 15.3. The Kier molecular flexibility index (Phi) is 5.55. The molecule has 0 spiro atoms. The molecule has 0 heterocycles. The highest BCUT2D eigenvalue weighted by Gasteiger charge is 2.21. The van der Waals surface area contributed by atoms with Crippen molar-refractivity contribution < 1.29 is 14.7 Å². The monoisotopic (exact) mass is 278 g/mol. The molecule has 0 saturated carbocycles. The minimum atomic E-state index is -1.01. The van der Waals surface area contributed by atoms with Gasteiger partial charge in [-0.1, -0.05) is 19.4 Å². The Morgan fingerprint density at radius 1 is 1.25 bits per heavy atom. The smallest absolute Gasteiger partial charge is 0.326 e. The fourth-order valence-electron chi connectivity index (χ4n) is 2.05. The fraction of sp³-hybridized carbons (Fsp3) is 0.467. The predicted molar refractivity (Wildman–Crippen MR) is 79.2 cm³/mol. The largest absolute Gasteiger partial charge is 0.480 e. The van der Waals surface area contributed by atoms with Crippen molar-refractivity contribution in [1.82, 2.24) is 5.32 Å². The number of amides is 2. The molecule has 0 aliphatic heterocycles. The van der Waals surface area contributed by atoms with Crippen molar-refractivity contribution in [3.8, 4) is 0 Å². The molecule has 1 rings (SSSR count). The summed E-state index contributed by atoms with van der Waals surface area (Å²) < 4.78 is 0. The third-order valence-corrected chi connectivity index (χ3v) is 3.07. The number of hydrogen-bond donors (Lipinski definition) is 2. The van der Waals surface area contributed by atoms with Gasteiger partial charge in [0.1, 0.15) is 6.04 Å². The maximum Gasteiger partial charge on any atom is 0.326 e. The Labute approximate surface area is 119 Å². The lowest BCUT2D eigenvalue weighted by molar-refractivity contribution is -0.139. The van der Waals surface area contributed by atoms with Gasteiger partial charge in [0.2, 0.25) is 0 Å². The number of aliphatic carboxylic acids is 1. The number of nitrogens with zero attached hydrogens (tertiary/aromatic N) is 1. The third-order valence-electron chi connectivity index (χ3n) is 3.07. The van der Waals surface area contributed by atoms with Crippen molar-refractivity contribution >= 4 is 17.7 Å². The second-order valence-corrected chi connectivity index (χ2v) is 5.03. The lowest BCUT2D eigenvalue weighted by Crippen LogP contribution is -2.46. The van der Waals surface area contributed by atoms with E-state index in [1.54, 1.807) is 7.05 Å². The van der Waals surface area contributed by atoms with E-state index in [1.165, 1.54) is 4.90 Å². The van der Waals surface area contributed by atoms with Crippen LogP contribution in [0.2, 0.25) is 0 Å². The molecule has 5 nitrogen and oxygen atoms in total. The first kappa shape index (κ1) is 16.0. The van der Waals surface area contributed by atoms with Crippen LogP contribution in [-0.2, 0) is 4.79 Å². The highest BCUT2D eigenvalue weighted by Crippen LogP contribution is 2.17.